The van der Waals surface area contributed by atoms with Crippen molar-refractivity contribution in [3.05, 3.63) is 38.9 Å². The Morgan fingerprint density at radius 3 is 2.71 bits per heavy atom. The van der Waals surface area contributed by atoms with Gasteiger partial charge in [0, 0.05) is 16.7 Å². The first-order valence-electron chi connectivity index (χ1n) is 5.14. The lowest BCUT2D eigenvalue weighted by Crippen LogP contribution is -2.13. The zero-order valence-corrected chi connectivity index (χ0v) is 9.98. The fraction of sp³-hybridized carbons (Fsp3) is 0.364. The molecular weight excluding hydrogens is 246 g/mol. The van der Waals surface area contributed by atoms with Crippen molar-refractivity contribution in [1.82, 2.24) is 0 Å². The summed E-state index contributed by atoms with van der Waals surface area (Å²) in [5, 5.41) is 20.2. The summed E-state index contributed by atoms with van der Waals surface area (Å²) >= 11 is 5.67. The van der Waals surface area contributed by atoms with Crippen LogP contribution in [0, 0.1) is 10.1 Å². The first-order valence-corrected chi connectivity index (χ1v) is 5.51. The maximum absolute atomic E-state index is 11.1. The number of nitro benzene ring substituents is 1. The van der Waals surface area contributed by atoms with Crippen molar-refractivity contribution in [2.75, 3.05) is 0 Å². The molecule has 92 valence electrons. The lowest BCUT2D eigenvalue weighted by Gasteiger charge is -2.11. The number of rotatable bonds is 5. The monoisotopic (exact) mass is 257 g/mol. The Labute approximate surface area is 103 Å². The summed E-state index contributed by atoms with van der Waals surface area (Å²) in [6, 6.07) is 4.06. The van der Waals surface area contributed by atoms with Gasteiger partial charge in [0.15, 0.2) is 0 Å². The molecule has 1 unspecified atom stereocenters. The molecule has 1 aromatic rings. The smallest absolute Gasteiger partial charge is 0.311 e. The highest BCUT2D eigenvalue weighted by atomic mass is 35.5. The number of carboxylic acids is 1. The van der Waals surface area contributed by atoms with E-state index in [1.165, 1.54) is 18.2 Å². The van der Waals surface area contributed by atoms with Gasteiger partial charge in [-0.3, -0.25) is 14.9 Å². The first-order chi connectivity index (χ1) is 7.97. The van der Waals surface area contributed by atoms with Crippen molar-refractivity contribution in [3.8, 4) is 0 Å². The van der Waals surface area contributed by atoms with E-state index in [2.05, 4.69) is 0 Å². The molecule has 0 spiro atoms. The third-order valence-electron chi connectivity index (χ3n) is 2.44. The molecule has 5 nitrogen and oxygen atoms in total. The summed E-state index contributed by atoms with van der Waals surface area (Å²) in [5.74, 6) is -1.92. The SMILES string of the molecule is CCCC(C(=O)O)c1ccc(Cl)cc1[N+](=O)[O-]. The second-order valence-corrected chi connectivity index (χ2v) is 4.08. The second-order valence-electron chi connectivity index (χ2n) is 3.64. The van der Waals surface area contributed by atoms with E-state index < -0.39 is 16.8 Å². The molecule has 0 amide bonds. The molecule has 1 rings (SSSR count). The van der Waals surface area contributed by atoms with E-state index in [0.29, 0.717) is 12.8 Å². The highest BCUT2D eigenvalue weighted by molar-refractivity contribution is 6.30. The Hall–Kier alpha value is -1.62. The maximum Gasteiger partial charge on any atom is 0.311 e. The van der Waals surface area contributed by atoms with Crippen molar-refractivity contribution in [2.45, 2.75) is 25.7 Å². The highest BCUT2D eigenvalue weighted by Crippen LogP contribution is 2.32. The molecule has 1 atom stereocenters. The summed E-state index contributed by atoms with van der Waals surface area (Å²) in [5.41, 5.74) is -0.0351. The molecule has 0 aliphatic rings. The van der Waals surface area contributed by atoms with Gasteiger partial charge in [-0.2, -0.15) is 0 Å². The Bertz CT molecular complexity index is 447. The Kier molecular flexibility index (Phi) is 4.45. The summed E-state index contributed by atoms with van der Waals surface area (Å²) < 4.78 is 0. The molecule has 0 saturated heterocycles. The van der Waals surface area contributed by atoms with Crippen LogP contribution in [0.4, 0.5) is 5.69 Å². The summed E-state index contributed by atoms with van der Waals surface area (Å²) in [7, 11) is 0. The third kappa shape index (κ3) is 3.17. The zero-order valence-electron chi connectivity index (χ0n) is 9.22. The van der Waals surface area contributed by atoms with Gasteiger partial charge in [-0.05, 0) is 18.6 Å². The van der Waals surface area contributed by atoms with Crippen LogP contribution in [0.25, 0.3) is 0 Å². The Morgan fingerprint density at radius 1 is 1.59 bits per heavy atom. The molecule has 17 heavy (non-hydrogen) atoms. The van der Waals surface area contributed by atoms with Gasteiger partial charge in [0.2, 0.25) is 0 Å². The van der Waals surface area contributed by atoms with E-state index in [4.69, 9.17) is 16.7 Å². The molecule has 0 radical (unpaired) electrons. The Morgan fingerprint density at radius 2 is 2.24 bits per heavy atom. The van der Waals surface area contributed by atoms with Gasteiger partial charge in [-0.15, -0.1) is 0 Å². The summed E-state index contributed by atoms with van der Waals surface area (Å²) in [6.07, 6.45) is 0.995. The Balaban J connectivity index is 3.27. The average molecular weight is 258 g/mol. The van der Waals surface area contributed by atoms with Crippen molar-refractivity contribution in [3.63, 3.8) is 0 Å². The lowest BCUT2D eigenvalue weighted by molar-refractivity contribution is -0.385. The van der Waals surface area contributed by atoms with Gasteiger partial charge in [-0.25, -0.2) is 0 Å². The van der Waals surface area contributed by atoms with Crippen LogP contribution >= 0.6 is 11.6 Å². The molecule has 0 fully saturated rings. The minimum Gasteiger partial charge on any atom is -0.481 e. The predicted octanol–water partition coefficient (Wildman–Crippen LogP) is 3.22. The third-order valence-corrected chi connectivity index (χ3v) is 2.68. The van der Waals surface area contributed by atoms with Crippen LogP contribution < -0.4 is 0 Å². The number of nitrogens with zero attached hydrogens (tertiary/aromatic N) is 1. The van der Waals surface area contributed by atoms with E-state index in [9.17, 15) is 14.9 Å². The van der Waals surface area contributed by atoms with Crippen molar-refractivity contribution in [1.29, 1.82) is 0 Å². The van der Waals surface area contributed by atoms with E-state index in [0.717, 1.165) is 0 Å². The average Bonchev–Trinajstić information content (AvgIpc) is 2.26. The van der Waals surface area contributed by atoms with Gasteiger partial charge < -0.3 is 5.11 Å². The van der Waals surface area contributed by atoms with Gasteiger partial charge in [0.05, 0.1) is 10.8 Å². The van der Waals surface area contributed by atoms with Gasteiger partial charge in [0.1, 0.15) is 0 Å². The first kappa shape index (κ1) is 13.4. The van der Waals surface area contributed by atoms with Crippen LogP contribution in [-0.2, 0) is 4.79 Å². The normalized spacial score (nSPS) is 12.1. The molecule has 0 aliphatic heterocycles. The second kappa shape index (κ2) is 5.63. The number of nitro groups is 1. The fourth-order valence-corrected chi connectivity index (χ4v) is 1.84. The number of hydrogen-bond acceptors (Lipinski definition) is 3. The zero-order chi connectivity index (χ0) is 13.0. The van der Waals surface area contributed by atoms with Crippen molar-refractivity contribution >= 4 is 23.3 Å². The molecule has 0 saturated carbocycles. The standard InChI is InChI=1S/C11H12ClNO4/c1-2-3-9(11(14)15)8-5-4-7(12)6-10(8)13(16)17/h4-6,9H,2-3H2,1H3,(H,14,15). The van der Waals surface area contributed by atoms with E-state index in [1.54, 1.807) is 0 Å². The van der Waals surface area contributed by atoms with Crippen LogP contribution in [0.15, 0.2) is 18.2 Å². The fourth-order valence-electron chi connectivity index (χ4n) is 1.67. The van der Waals surface area contributed by atoms with E-state index >= 15 is 0 Å². The minimum atomic E-state index is -1.06. The largest absolute Gasteiger partial charge is 0.481 e. The van der Waals surface area contributed by atoms with Crippen molar-refractivity contribution in [2.24, 2.45) is 0 Å². The van der Waals surface area contributed by atoms with Crippen LogP contribution in [0.5, 0.6) is 0 Å². The highest BCUT2D eigenvalue weighted by Gasteiger charge is 2.27. The predicted molar refractivity (Wildman–Crippen MR) is 63.4 cm³/mol. The number of aliphatic carboxylic acids is 1. The molecule has 0 heterocycles. The maximum atomic E-state index is 11.1. The summed E-state index contributed by atoms with van der Waals surface area (Å²) in [6.45, 7) is 1.83. The van der Waals surface area contributed by atoms with Crippen LogP contribution in [0.1, 0.15) is 31.2 Å². The summed E-state index contributed by atoms with van der Waals surface area (Å²) in [4.78, 5) is 21.3. The van der Waals surface area contributed by atoms with E-state index in [-0.39, 0.29) is 16.3 Å². The lowest BCUT2D eigenvalue weighted by atomic mass is 9.93. The van der Waals surface area contributed by atoms with Crippen LogP contribution in [0.2, 0.25) is 5.02 Å². The molecular formula is C11H12ClNO4. The number of carbonyl (C=O) groups is 1. The molecule has 0 bridgehead atoms. The topological polar surface area (TPSA) is 80.4 Å². The molecule has 6 heteroatoms. The van der Waals surface area contributed by atoms with Gasteiger partial charge in [-0.1, -0.05) is 24.9 Å². The molecule has 1 N–H and O–H groups in total. The number of hydrogen-bond donors (Lipinski definition) is 1. The van der Waals surface area contributed by atoms with Crippen LogP contribution in [-0.4, -0.2) is 16.0 Å². The number of halogens is 1. The molecule has 0 aliphatic carbocycles. The van der Waals surface area contributed by atoms with Crippen LogP contribution in [0.3, 0.4) is 0 Å². The molecule has 0 aromatic heterocycles. The van der Waals surface area contributed by atoms with Gasteiger partial charge in [0.25, 0.3) is 5.69 Å². The minimum absolute atomic E-state index is 0.203. The quantitative estimate of drug-likeness (QED) is 0.649. The van der Waals surface area contributed by atoms with Crippen molar-refractivity contribution < 1.29 is 14.8 Å². The van der Waals surface area contributed by atoms with Gasteiger partial charge >= 0.3 is 5.97 Å². The molecule has 1 aromatic carbocycles. The number of benzene rings is 1. The van der Waals surface area contributed by atoms with E-state index in [1.807, 2.05) is 6.92 Å². The number of carboxylic acid groups (broad SMARTS) is 1.